The Morgan fingerprint density at radius 1 is 1.32 bits per heavy atom. The van der Waals surface area contributed by atoms with Gasteiger partial charge >= 0.3 is 6.03 Å². The standard InChI is InChI=1S/C14H25N3O3.C2H6/c1-9(18)10-7-6-8-17(10)12(19)11(14(2,3)4)16-13(20)15-5;1-2/h10-11,18H,1,6-8H2,2-5H3,(H2,15,16,20);1-2H3/t10-,11+;/m0./s1. The van der Waals surface area contributed by atoms with Crippen LogP contribution >= 0.6 is 0 Å². The number of nitrogens with one attached hydrogen (secondary N) is 2. The molecule has 128 valence electrons. The maximum Gasteiger partial charge on any atom is 0.315 e. The summed E-state index contributed by atoms with van der Waals surface area (Å²) in [5.74, 6) is -0.178. The number of amides is 3. The van der Waals surface area contributed by atoms with Crippen molar-refractivity contribution in [2.24, 2.45) is 5.41 Å². The lowest BCUT2D eigenvalue weighted by molar-refractivity contribution is -0.136. The summed E-state index contributed by atoms with van der Waals surface area (Å²) in [6, 6.07) is -1.39. The molecule has 6 heteroatoms. The van der Waals surface area contributed by atoms with Gasteiger partial charge in [-0.15, -0.1) is 0 Å². The Bertz CT molecular complexity index is 402. The Labute approximate surface area is 134 Å². The topological polar surface area (TPSA) is 81.7 Å². The molecule has 1 heterocycles. The smallest absolute Gasteiger partial charge is 0.315 e. The highest BCUT2D eigenvalue weighted by atomic mass is 16.3. The zero-order valence-corrected chi connectivity index (χ0v) is 14.7. The van der Waals surface area contributed by atoms with Crippen molar-refractivity contribution in [2.45, 2.75) is 59.5 Å². The van der Waals surface area contributed by atoms with Gasteiger partial charge in [0.05, 0.1) is 6.04 Å². The lowest BCUT2D eigenvalue weighted by Gasteiger charge is -2.35. The number of aliphatic hydroxyl groups excluding tert-OH is 1. The molecule has 22 heavy (non-hydrogen) atoms. The van der Waals surface area contributed by atoms with Gasteiger partial charge < -0.3 is 20.6 Å². The van der Waals surface area contributed by atoms with Crippen molar-refractivity contribution in [1.29, 1.82) is 0 Å². The van der Waals surface area contributed by atoms with Gasteiger partial charge in [0, 0.05) is 13.6 Å². The van der Waals surface area contributed by atoms with E-state index in [2.05, 4.69) is 17.2 Å². The van der Waals surface area contributed by atoms with E-state index in [0.29, 0.717) is 13.0 Å². The minimum atomic E-state index is -0.651. The van der Waals surface area contributed by atoms with Gasteiger partial charge in [0.25, 0.3) is 0 Å². The second-order valence-corrected chi connectivity index (χ2v) is 6.20. The van der Waals surface area contributed by atoms with Gasteiger partial charge in [-0.1, -0.05) is 41.2 Å². The third kappa shape index (κ3) is 5.24. The number of rotatable bonds is 3. The van der Waals surface area contributed by atoms with Crippen LogP contribution in [0.1, 0.15) is 47.5 Å². The first-order valence-corrected chi connectivity index (χ1v) is 7.85. The molecule has 0 bridgehead atoms. The zero-order valence-electron chi connectivity index (χ0n) is 14.7. The third-order valence-electron chi connectivity index (χ3n) is 3.54. The molecule has 6 nitrogen and oxygen atoms in total. The van der Waals surface area contributed by atoms with E-state index >= 15 is 0 Å². The van der Waals surface area contributed by atoms with Crippen LogP contribution in [0.2, 0.25) is 0 Å². The van der Waals surface area contributed by atoms with Crippen molar-refractivity contribution in [2.75, 3.05) is 13.6 Å². The molecule has 0 aromatic rings. The van der Waals surface area contributed by atoms with Gasteiger partial charge in [0.2, 0.25) is 5.91 Å². The third-order valence-corrected chi connectivity index (χ3v) is 3.54. The Balaban J connectivity index is 0.00000211. The molecule has 0 aliphatic carbocycles. The predicted octanol–water partition coefficient (Wildman–Crippen LogP) is 2.42. The van der Waals surface area contributed by atoms with Crippen LogP contribution in [-0.4, -0.2) is 47.6 Å². The summed E-state index contributed by atoms with van der Waals surface area (Å²) in [5, 5.41) is 14.7. The fourth-order valence-corrected chi connectivity index (χ4v) is 2.39. The number of urea groups is 1. The van der Waals surface area contributed by atoms with E-state index < -0.39 is 17.5 Å². The molecule has 1 rings (SSSR count). The molecule has 0 saturated carbocycles. The normalized spacial score (nSPS) is 18.8. The van der Waals surface area contributed by atoms with Gasteiger partial charge in [-0.05, 0) is 18.3 Å². The largest absolute Gasteiger partial charge is 0.511 e. The van der Waals surface area contributed by atoms with Crippen LogP contribution in [0.15, 0.2) is 12.3 Å². The maximum atomic E-state index is 12.7. The zero-order chi connectivity index (χ0) is 17.5. The van der Waals surface area contributed by atoms with E-state index in [4.69, 9.17) is 0 Å². The number of hydrogen-bond acceptors (Lipinski definition) is 3. The van der Waals surface area contributed by atoms with Crippen molar-refractivity contribution in [3.05, 3.63) is 12.3 Å². The van der Waals surface area contributed by atoms with E-state index in [-0.39, 0.29) is 17.7 Å². The first kappa shape index (κ1) is 20.3. The van der Waals surface area contributed by atoms with Crippen LogP contribution in [-0.2, 0) is 4.79 Å². The number of likely N-dealkylation sites (tertiary alicyclic amines) is 1. The number of aliphatic hydroxyl groups is 1. The molecular weight excluding hydrogens is 282 g/mol. The fourth-order valence-electron chi connectivity index (χ4n) is 2.39. The van der Waals surface area contributed by atoms with E-state index in [9.17, 15) is 14.7 Å². The summed E-state index contributed by atoms with van der Waals surface area (Å²) >= 11 is 0. The van der Waals surface area contributed by atoms with Gasteiger partial charge in [-0.2, -0.15) is 0 Å². The summed E-state index contributed by atoms with van der Waals surface area (Å²) in [6.45, 7) is 13.8. The van der Waals surface area contributed by atoms with Gasteiger partial charge in [-0.25, -0.2) is 4.79 Å². The maximum absolute atomic E-state index is 12.7. The highest BCUT2D eigenvalue weighted by molar-refractivity contribution is 5.88. The monoisotopic (exact) mass is 313 g/mol. The van der Waals surface area contributed by atoms with E-state index in [1.165, 1.54) is 7.05 Å². The summed E-state index contributed by atoms with van der Waals surface area (Å²) in [4.78, 5) is 25.8. The summed E-state index contributed by atoms with van der Waals surface area (Å²) in [6.07, 6.45) is 1.53. The Hall–Kier alpha value is -1.72. The average Bonchev–Trinajstić information content (AvgIpc) is 2.94. The molecule has 1 saturated heterocycles. The Morgan fingerprint density at radius 3 is 2.27 bits per heavy atom. The molecule has 3 amide bonds. The predicted molar refractivity (Wildman–Crippen MR) is 88.7 cm³/mol. The average molecular weight is 313 g/mol. The summed E-state index contributed by atoms with van der Waals surface area (Å²) in [7, 11) is 1.51. The second-order valence-electron chi connectivity index (χ2n) is 6.20. The molecule has 0 aromatic carbocycles. The highest BCUT2D eigenvalue weighted by Crippen LogP contribution is 2.27. The molecule has 0 unspecified atom stereocenters. The molecule has 0 radical (unpaired) electrons. The van der Waals surface area contributed by atoms with Crippen molar-refractivity contribution in [1.82, 2.24) is 15.5 Å². The first-order chi connectivity index (χ1) is 10.2. The number of nitrogens with zero attached hydrogens (tertiary/aromatic N) is 1. The van der Waals surface area contributed by atoms with Crippen LogP contribution in [0.3, 0.4) is 0 Å². The van der Waals surface area contributed by atoms with E-state index in [0.717, 1.165) is 6.42 Å². The first-order valence-electron chi connectivity index (χ1n) is 7.85. The molecule has 1 aliphatic rings. The quantitative estimate of drug-likeness (QED) is 0.700. The van der Waals surface area contributed by atoms with E-state index in [1.807, 2.05) is 34.6 Å². The van der Waals surface area contributed by atoms with Crippen LogP contribution < -0.4 is 10.6 Å². The lowest BCUT2D eigenvalue weighted by atomic mass is 9.85. The minimum Gasteiger partial charge on any atom is -0.511 e. The molecule has 3 N–H and O–H groups in total. The van der Waals surface area contributed by atoms with Gasteiger partial charge in [-0.3, -0.25) is 4.79 Å². The van der Waals surface area contributed by atoms with Crippen molar-refractivity contribution in [3.8, 4) is 0 Å². The summed E-state index contributed by atoms with van der Waals surface area (Å²) in [5.41, 5.74) is -0.423. The molecular formula is C16H31N3O3. The van der Waals surface area contributed by atoms with Gasteiger partial charge in [0.15, 0.2) is 0 Å². The lowest BCUT2D eigenvalue weighted by Crippen LogP contribution is -2.57. The number of hydrogen-bond donors (Lipinski definition) is 3. The van der Waals surface area contributed by atoms with E-state index in [1.54, 1.807) is 4.90 Å². The molecule has 1 aliphatic heterocycles. The van der Waals surface area contributed by atoms with Crippen LogP contribution in [0.5, 0.6) is 0 Å². The van der Waals surface area contributed by atoms with Crippen LogP contribution in [0.25, 0.3) is 0 Å². The van der Waals surface area contributed by atoms with Crippen molar-refractivity contribution < 1.29 is 14.7 Å². The molecule has 2 atom stereocenters. The van der Waals surface area contributed by atoms with Crippen LogP contribution in [0, 0.1) is 5.41 Å². The molecule has 0 aromatic heterocycles. The summed E-state index contributed by atoms with van der Waals surface area (Å²) < 4.78 is 0. The SMILES string of the molecule is C=C(O)[C@@H]1CCCN1C(=O)[C@@H](NC(=O)NC)C(C)(C)C.CC. The molecule has 0 spiro atoms. The van der Waals surface area contributed by atoms with Crippen molar-refractivity contribution in [3.63, 3.8) is 0 Å². The van der Waals surface area contributed by atoms with Crippen LogP contribution in [0.4, 0.5) is 4.79 Å². The fraction of sp³-hybridized carbons (Fsp3) is 0.750. The Kier molecular flexibility index (Phi) is 7.98. The minimum absolute atomic E-state index is 0.00320. The van der Waals surface area contributed by atoms with Gasteiger partial charge in [0.1, 0.15) is 11.8 Å². The number of carbonyl (C=O) groups excluding carboxylic acids is 2. The highest BCUT2D eigenvalue weighted by Gasteiger charge is 2.40. The number of carbonyl (C=O) groups is 2. The second kappa shape index (κ2) is 8.66. The molecule has 1 fully saturated rings. The Morgan fingerprint density at radius 2 is 1.86 bits per heavy atom. The van der Waals surface area contributed by atoms with Crippen molar-refractivity contribution >= 4 is 11.9 Å².